The van der Waals surface area contributed by atoms with Gasteiger partial charge in [0.15, 0.2) is 5.11 Å². The summed E-state index contributed by atoms with van der Waals surface area (Å²) < 4.78 is 0. The molecule has 1 aromatic rings. The van der Waals surface area contributed by atoms with E-state index in [9.17, 15) is 0 Å². The fourth-order valence-corrected chi connectivity index (χ4v) is 0.851. The van der Waals surface area contributed by atoms with Crippen LogP contribution in [-0.4, -0.2) is 16.3 Å². The van der Waals surface area contributed by atoms with E-state index in [1.807, 2.05) is 25.1 Å². The average Bonchev–Trinajstić information content (AvgIpc) is 2.20. The van der Waals surface area contributed by atoms with E-state index in [0.717, 1.165) is 11.4 Å². The van der Waals surface area contributed by atoms with E-state index in [1.54, 1.807) is 25.0 Å². The van der Waals surface area contributed by atoms with Gasteiger partial charge in [0.2, 0.25) is 0 Å². The number of nitrogens with two attached hydrogens (primary N) is 1. The summed E-state index contributed by atoms with van der Waals surface area (Å²) in [4.78, 5) is 4.20. The van der Waals surface area contributed by atoms with Gasteiger partial charge in [0, 0.05) is 5.69 Å². The Morgan fingerprint density at radius 3 is 2.87 bits per heavy atom. The molecule has 3 N–H and O–H groups in total. The summed E-state index contributed by atoms with van der Waals surface area (Å²) in [7, 11) is 4.61. The fraction of sp³-hybridized carbons (Fsp3) is 0.125. The van der Waals surface area contributed by atoms with Crippen molar-refractivity contribution in [1.29, 1.82) is 0 Å². The van der Waals surface area contributed by atoms with E-state index in [-0.39, 0.29) is 5.11 Å². The first-order valence-electron chi connectivity index (χ1n) is 3.82. The van der Waals surface area contributed by atoms with Crippen molar-refractivity contribution in [3.63, 3.8) is 0 Å². The topological polar surface area (TPSA) is 63.3 Å². The molecule has 0 bridgehead atoms. The van der Waals surface area contributed by atoms with Gasteiger partial charge in [0.05, 0.1) is 11.9 Å². The molecule has 0 radical (unpaired) electrons. The van der Waals surface area contributed by atoms with Crippen LogP contribution in [0.5, 0.6) is 0 Å². The Kier molecular flexibility index (Phi) is 8.47. The van der Waals surface area contributed by atoms with Crippen LogP contribution < -0.4 is 11.2 Å². The van der Waals surface area contributed by atoms with Crippen LogP contribution in [0.3, 0.4) is 0 Å². The zero-order chi connectivity index (χ0) is 11.7. The van der Waals surface area contributed by atoms with E-state index in [4.69, 9.17) is 5.73 Å². The predicted octanol–water partition coefficient (Wildman–Crippen LogP) is 1.24. The minimum absolute atomic E-state index is 0.143. The second-order valence-corrected chi connectivity index (χ2v) is 2.88. The van der Waals surface area contributed by atoms with Crippen molar-refractivity contribution in [3.8, 4) is 0 Å². The van der Waals surface area contributed by atoms with Gasteiger partial charge in [-0.1, -0.05) is 6.07 Å². The van der Waals surface area contributed by atoms with Crippen LogP contribution in [0, 0.1) is 6.92 Å². The van der Waals surface area contributed by atoms with Gasteiger partial charge in [-0.05, 0) is 31.3 Å². The molecule has 0 fully saturated rings. The van der Waals surface area contributed by atoms with Crippen LogP contribution in [0.2, 0.25) is 0 Å². The molecular weight excluding hydrogens is 415 g/mol. The molecule has 0 unspecified atom stereocenters. The number of aromatic nitrogens is 1. The third kappa shape index (κ3) is 7.42. The summed E-state index contributed by atoms with van der Waals surface area (Å²) in [5, 5.41) is 3.92. The molecule has 4 nitrogen and oxygen atoms in total. The van der Waals surface area contributed by atoms with Crippen LogP contribution in [0.15, 0.2) is 23.3 Å². The SMILES string of the molecule is Cc1cccc(C=NNC(N)=S)n1.[Cl][Pt]. The van der Waals surface area contributed by atoms with Crippen molar-refractivity contribution in [3.05, 3.63) is 29.6 Å². The minimum atomic E-state index is 0.143. The maximum atomic E-state index is 5.17. The molecule has 0 aliphatic heterocycles. The fourth-order valence-electron chi connectivity index (χ4n) is 0.798. The molecule has 0 aliphatic rings. The first kappa shape index (κ1) is 14.5. The van der Waals surface area contributed by atoms with Crippen molar-refractivity contribution in [2.45, 2.75) is 6.92 Å². The van der Waals surface area contributed by atoms with Crippen LogP contribution in [0.4, 0.5) is 0 Å². The number of nitrogens with zero attached hydrogens (tertiary/aromatic N) is 2. The Bertz CT molecular complexity index is 345. The number of hydrogen-bond donors (Lipinski definition) is 2. The molecule has 0 aromatic carbocycles. The summed E-state index contributed by atoms with van der Waals surface area (Å²) in [6.07, 6.45) is 1.56. The van der Waals surface area contributed by atoms with Gasteiger partial charge >= 0.3 is 28.2 Å². The van der Waals surface area contributed by atoms with Gasteiger partial charge in [-0.15, -0.1) is 0 Å². The Hall–Kier alpha value is -0.512. The molecule has 85 valence electrons. The molecule has 0 spiro atoms. The van der Waals surface area contributed by atoms with E-state index in [1.165, 1.54) is 0 Å². The molecule has 0 saturated carbocycles. The van der Waals surface area contributed by atoms with Gasteiger partial charge < -0.3 is 5.73 Å². The number of nitrogens with one attached hydrogen (secondary N) is 1. The van der Waals surface area contributed by atoms with Crippen molar-refractivity contribution < 1.29 is 18.8 Å². The van der Waals surface area contributed by atoms with E-state index >= 15 is 0 Å². The van der Waals surface area contributed by atoms with Crippen molar-refractivity contribution >= 4 is 33.0 Å². The molecule has 0 saturated heterocycles. The summed E-state index contributed by atoms with van der Waals surface area (Å²) in [6, 6.07) is 5.67. The number of thiocarbonyl (C=S) groups is 1. The molecule has 15 heavy (non-hydrogen) atoms. The zero-order valence-electron chi connectivity index (χ0n) is 7.88. The van der Waals surface area contributed by atoms with Gasteiger partial charge in [0.1, 0.15) is 0 Å². The number of aryl methyl sites for hydroxylation is 1. The van der Waals surface area contributed by atoms with Gasteiger partial charge in [0.25, 0.3) is 0 Å². The van der Waals surface area contributed by atoms with Crippen molar-refractivity contribution in [2.75, 3.05) is 0 Å². The van der Waals surface area contributed by atoms with E-state index < -0.39 is 0 Å². The third-order valence-electron chi connectivity index (χ3n) is 1.28. The first-order valence-corrected chi connectivity index (χ1v) is 7.05. The van der Waals surface area contributed by atoms with Crippen LogP contribution in [-0.2, 0) is 18.8 Å². The Labute approximate surface area is 109 Å². The Morgan fingerprint density at radius 1 is 1.67 bits per heavy atom. The molecule has 1 rings (SSSR count). The van der Waals surface area contributed by atoms with Crippen molar-refractivity contribution in [2.24, 2.45) is 10.8 Å². The number of hydrazone groups is 1. The maximum absolute atomic E-state index is 5.17. The first-order chi connectivity index (χ1) is 7.18. The molecule has 1 aromatic heterocycles. The number of pyridine rings is 1. The Balaban J connectivity index is 0.000000921. The van der Waals surface area contributed by atoms with Crippen LogP contribution >= 0.6 is 21.6 Å². The molecule has 7 heteroatoms. The number of rotatable bonds is 2. The molecule has 0 aliphatic carbocycles. The van der Waals surface area contributed by atoms with Crippen LogP contribution in [0.25, 0.3) is 0 Å². The number of hydrogen-bond acceptors (Lipinski definition) is 3. The second kappa shape index (κ2) is 8.77. The van der Waals surface area contributed by atoms with Crippen LogP contribution in [0.1, 0.15) is 11.4 Å². The Morgan fingerprint density at radius 2 is 2.33 bits per heavy atom. The predicted molar refractivity (Wildman–Crippen MR) is 62.3 cm³/mol. The van der Waals surface area contributed by atoms with E-state index in [0.29, 0.717) is 0 Å². The zero-order valence-corrected chi connectivity index (χ0v) is 11.7. The normalized spacial score (nSPS) is 9.33. The standard InChI is InChI=1S/C8H10N4S.ClH.Pt/c1-6-3-2-4-7(11-6)5-10-12-8(9)13;;/h2-5H,1H3,(H3,9,12,13);1H;/q;;+1/p-1. The summed E-state index contributed by atoms with van der Waals surface area (Å²) in [6.45, 7) is 1.92. The number of halogens is 1. The monoisotopic (exact) mass is 424 g/mol. The average molecular weight is 425 g/mol. The van der Waals surface area contributed by atoms with Crippen molar-refractivity contribution in [1.82, 2.24) is 10.4 Å². The van der Waals surface area contributed by atoms with Gasteiger partial charge in [-0.25, -0.2) is 0 Å². The summed E-state index contributed by atoms with van der Waals surface area (Å²) in [5.41, 5.74) is 9.34. The summed E-state index contributed by atoms with van der Waals surface area (Å²) in [5.74, 6) is 0. The second-order valence-electron chi connectivity index (χ2n) is 2.44. The molecule has 1 heterocycles. The quantitative estimate of drug-likeness (QED) is 0.426. The molecule has 0 amide bonds. The third-order valence-corrected chi connectivity index (χ3v) is 1.37. The molecule has 0 atom stereocenters. The van der Waals surface area contributed by atoms with Gasteiger partial charge in [-0.3, -0.25) is 10.4 Å². The van der Waals surface area contributed by atoms with Gasteiger partial charge in [-0.2, -0.15) is 5.10 Å². The molecular formula is C8H10ClN4PtS. The van der Waals surface area contributed by atoms with E-state index in [2.05, 4.69) is 37.1 Å². The summed E-state index contributed by atoms with van der Waals surface area (Å²) >= 11 is 6.18.